The fourth-order valence-corrected chi connectivity index (χ4v) is 1.01. The topological polar surface area (TPSA) is 17.1 Å². The van der Waals surface area contributed by atoms with Gasteiger partial charge in [-0.3, -0.25) is 4.79 Å². The fraction of sp³-hybridized carbons (Fsp3) is 0.625. The van der Waals surface area contributed by atoms with Crippen molar-refractivity contribution in [2.45, 2.75) is 19.8 Å². The fourth-order valence-electron chi connectivity index (χ4n) is 1.01. The van der Waals surface area contributed by atoms with Crippen molar-refractivity contribution in [1.29, 1.82) is 0 Å². The zero-order valence-corrected chi connectivity index (χ0v) is 5.76. The second-order valence-electron chi connectivity index (χ2n) is 2.73. The lowest BCUT2D eigenvalue weighted by atomic mass is 10.0. The van der Waals surface area contributed by atoms with Gasteiger partial charge in [-0.25, -0.2) is 0 Å². The lowest BCUT2D eigenvalue weighted by Crippen LogP contribution is -2.08. The van der Waals surface area contributed by atoms with Crippen molar-refractivity contribution in [3.63, 3.8) is 0 Å². The Kier molecular flexibility index (Phi) is 1.70. The van der Waals surface area contributed by atoms with Gasteiger partial charge >= 0.3 is 0 Å². The van der Waals surface area contributed by atoms with E-state index in [9.17, 15) is 4.79 Å². The normalized spacial score (nSPS) is 21.0. The molecule has 0 amide bonds. The predicted molar refractivity (Wildman–Crippen MR) is 37.1 cm³/mol. The van der Waals surface area contributed by atoms with E-state index in [1.54, 1.807) is 0 Å². The molecule has 50 valence electrons. The number of carbonyl (C=O) groups is 1. The van der Waals surface area contributed by atoms with Crippen LogP contribution in [0.3, 0.4) is 0 Å². The molecule has 0 spiro atoms. The number of hydrogen-bond donors (Lipinski definition) is 0. The average molecular weight is 124 g/mol. The molecule has 1 saturated carbocycles. The number of ketones is 1. The monoisotopic (exact) mass is 124 g/mol. The molecule has 0 radical (unpaired) electrons. The van der Waals surface area contributed by atoms with Gasteiger partial charge < -0.3 is 0 Å². The molecule has 0 aromatic carbocycles. The van der Waals surface area contributed by atoms with E-state index in [0.717, 1.165) is 0 Å². The molecule has 1 heteroatoms. The van der Waals surface area contributed by atoms with Gasteiger partial charge in [0.15, 0.2) is 5.78 Å². The van der Waals surface area contributed by atoms with E-state index in [2.05, 4.69) is 6.58 Å². The summed E-state index contributed by atoms with van der Waals surface area (Å²) in [6.45, 7) is 5.43. The molecule has 1 rings (SSSR count). The van der Waals surface area contributed by atoms with E-state index < -0.39 is 0 Å². The van der Waals surface area contributed by atoms with E-state index in [-0.39, 0.29) is 11.7 Å². The van der Waals surface area contributed by atoms with Crippen molar-refractivity contribution < 1.29 is 4.79 Å². The van der Waals surface area contributed by atoms with Crippen LogP contribution in [0.5, 0.6) is 0 Å². The van der Waals surface area contributed by atoms with Gasteiger partial charge in [-0.05, 0) is 24.8 Å². The summed E-state index contributed by atoms with van der Waals surface area (Å²) in [5, 5.41) is 0. The second-order valence-corrected chi connectivity index (χ2v) is 2.73. The van der Waals surface area contributed by atoms with Crippen molar-refractivity contribution in [3.8, 4) is 0 Å². The third-order valence-corrected chi connectivity index (χ3v) is 1.98. The van der Waals surface area contributed by atoms with E-state index in [1.165, 1.54) is 18.9 Å². The highest BCUT2D eigenvalue weighted by atomic mass is 16.1. The zero-order chi connectivity index (χ0) is 6.85. The van der Waals surface area contributed by atoms with Gasteiger partial charge in [0, 0.05) is 5.92 Å². The molecule has 1 atom stereocenters. The molecule has 9 heavy (non-hydrogen) atoms. The van der Waals surface area contributed by atoms with Crippen molar-refractivity contribution >= 4 is 5.78 Å². The predicted octanol–water partition coefficient (Wildman–Crippen LogP) is 1.79. The minimum absolute atomic E-state index is 0.206. The van der Waals surface area contributed by atoms with Crippen LogP contribution in [0.4, 0.5) is 0 Å². The van der Waals surface area contributed by atoms with Crippen LogP contribution >= 0.6 is 0 Å². The molecule has 1 aliphatic rings. The largest absolute Gasteiger partial charge is 0.295 e. The highest BCUT2D eigenvalue weighted by Crippen LogP contribution is 2.36. The first kappa shape index (κ1) is 6.53. The number of hydrogen-bond acceptors (Lipinski definition) is 1. The summed E-state index contributed by atoms with van der Waals surface area (Å²) in [6, 6.07) is 0. The summed E-state index contributed by atoms with van der Waals surface area (Å²) in [5.41, 5.74) is 0. The van der Waals surface area contributed by atoms with Crippen LogP contribution in [0, 0.1) is 11.8 Å². The number of rotatable bonds is 3. The smallest absolute Gasteiger partial charge is 0.158 e. The zero-order valence-electron chi connectivity index (χ0n) is 5.76. The first-order chi connectivity index (χ1) is 4.25. The molecule has 0 aromatic heterocycles. The standard InChI is InChI=1S/C8H12O/c1-3-8(9)6(2)7-4-5-7/h3,6-7H,1,4-5H2,2H3. The van der Waals surface area contributed by atoms with Crippen molar-refractivity contribution in [1.82, 2.24) is 0 Å². The summed E-state index contributed by atoms with van der Waals surface area (Å²) in [7, 11) is 0. The van der Waals surface area contributed by atoms with Gasteiger partial charge in [-0.15, -0.1) is 0 Å². The second kappa shape index (κ2) is 2.34. The third-order valence-electron chi connectivity index (χ3n) is 1.98. The van der Waals surface area contributed by atoms with Gasteiger partial charge in [-0.2, -0.15) is 0 Å². The van der Waals surface area contributed by atoms with Gasteiger partial charge in [0.2, 0.25) is 0 Å². The SMILES string of the molecule is C=CC(=O)C(C)C1CC1. The maximum absolute atomic E-state index is 10.9. The molecule has 0 bridgehead atoms. The summed E-state index contributed by atoms with van der Waals surface area (Å²) in [4.78, 5) is 10.9. The van der Waals surface area contributed by atoms with Crippen molar-refractivity contribution in [2.24, 2.45) is 11.8 Å². The molecular weight excluding hydrogens is 112 g/mol. The maximum Gasteiger partial charge on any atom is 0.158 e. The Morgan fingerprint density at radius 1 is 1.78 bits per heavy atom. The highest BCUT2D eigenvalue weighted by Gasteiger charge is 2.30. The minimum atomic E-state index is 0.206. The van der Waals surface area contributed by atoms with Crippen LogP contribution in [-0.4, -0.2) is 5.78 Å². The van der Waals surface area contributed by atoms with E-state index in [4.69, 9.17) is 0 Å². The summed E-state index contributed by atoms with van der Waals surface area (Å²) in [5.74, 6) is 1.12. The van der Waals surface area contributed by atoms with Crippen LogP contribution in [-0.2, 0) is 4.79 Å². The molecule has 0 saturated heterocycles. The minimum Gasteiger partial charge on any atom is -0.295 e. The molecule has 0 N–H and O–H groups in total. The lowest BCUT2D eigenvalue weighted by molar-refractivity contribution is -0.118. The molecule has 0 heterocycles. The molecule has 1 aliphatic carbocycles. The lowest BCUT2D eigenvalue weighted by Gasteiger charge is -2.02. The summed E-state index contributed by atoms with van der Waals surface area (Å²) >= 11 is 0. The van der Waals surface area contributed by atoms with Gasteiger partial charge in [0.25, 0.3) is 0 Å². The maximum atomic E-state index is 10.9. The Morgan fingerprint density at radius 3 is 2.67 bits per heavy atom. The Balaban J connectivity index is 2.39. The van der Waals surface area contributed by atoms with E-state index in [1.807, 2.05) is 6.92 Å². The molecule has 1 fully saturated rings. The Labute approximate surface area is 55.8 Å². The molecule has 0 aliphatic heterocycles. The molecular formula is C8H12O. The average Bonchev–Trinajstić information content (AvgIpc) is 2.66. The van der Waals surface area contributed by atoms with Crippen LogP contribution in [0.15, 0.2) is 12.7 Å². The van der Waals surface area contributed by atoms with E-state index >= 15 is 0 Å². The third kappa shape index (κ3) is 1.41. The summed E-state index contributed by atoms with van der Waals surface area (Å²) in [6.07, 6.45) is 3.91. The van der Waals surface area contributed by atoms with Crippen molar-refractivity contribution in [2.75, 3.05) is 0 Å². The number of carbonyl (C=O) groups excluding carboxylic acids is 1. The van der Waals surface area contributed by atoms with Crippen LogP contribution < -0.4 is 0 Å². The molecule has 1 nitrogen and oxygen atoms in total. The van der Waals surface area contributed by atoms with Gasteiger partial charge in [-0.1, -0.05) is 13.5 Å². The highest BCUT2D eigenvalue weighted by molar-refractivity contribution is 5.91. The number of allylic oxidation sites excluding steroid dienone is 1. The van der Waals surface area contributed by atoms with Crippen LogP contribution in [0.1, 0.15) is 19.8 Å². The van der Waals surface area contributed by atoms with Crippen LogP contribution in [0.25, 0.3) is 0 Å². The van der Waals surface area contributed by atoms with Crippen molar-refractivity contribution in [3.05, 3.63) is 12.7 Å². The molecule has 1 unspecified atom stereocenters. The van der Waals surface area contributed by atoms with E-state index in [0.29, 0.717) is 5.92 Å². The quantitative estimate of drug-likeness (QED) is 0.524. The molecule has 0 aromatic rings. The van der Waals surface area contributed by atoms with Gasteiger partial charge in [0.05, 0.1) is 0 Å². The van der Waals surface area contributed by atoms with Crippen LogP contribution in [0.2, 0.25) is 0 Å². The first-order valence-corrected chi connectivity index (χ1v) is 3.42. The first-order valence-electron chi connectivity index (χ1n) is 3.42. The Morgan fingerprint density at radius 2 is 2.33 bits per heavy atom. The Bertz CT molecular complexity index is 134. The summed E-state index contributed by atoms with van der Waals surface area (Å²) < 4.78 is 0. The Hall–Kier alpha value is -0.590. The van der Waals surface area contributed by atoms with Gasteiger partial charge in [0.1, 0.15) is 0 Å².